The van der Waals surface area contributed by atoms with Crippen molar-refractivity contribution in [1.82, 2.24) is 10.6 Å². The minimum Gasteiger partial charge on any atom is -0.368 e. The van der Waals surface area contributed by atoms with Crippen LogP contribution >= 0.6 is 0 Å². The van der Waals surface area contributed by atoms with Crippen molar-refractivity contribution in [3.05, 3.63) is 0 Å². The van der Waals surface area contributed by atoms with Crippen LogP contribution in [0.15, 0.2) is 0 Å². The Bertz CT molecular complexity index is 192. The van der Waals surface area contributed by atoms with Gasteiger partial charge in [0.2, 0.25) is 18.2 Å². The summed E-state index contributed by atoms with van der Waals surface area (Å²) in [6.07, 6.45) is 0.358. The lowest BCUT2D eigenvalue weighted by molar-refractivity contribution is -0.123. The highest BCUT2D eigenvalue weighted by Gasteiger charge is 2.13. The highest BCUT2D eigenvalue weighted by molar-refractivity contribution is 5.83. The van der Waals surface area contributed by atoms with Crippen molar-refractivity contribution < 1.29 is 14.4 Å². The maximum absolute atomic E-state index is 10.6. The fourth-order valence-corrected chi connectivity index (χ4v) is 0.570. The number of carbonyl (C=O) groups excluding carboxylic acids is 3. The molecule has 0 heterocycles. The van der Waals surface area contributed by atoms with Gasteiger partial charge >= 0.3 is 0 Å². The fraction of sp³-hybridized carbons (Fsp3) is 0.500. The lowest BCUT2D eigenvalue weighted by Crippen LogP contribution is -2.48. The monoisotopic (exact) mass is 173 g/mol. The van der Waals surface area contributed by atoms with Gasteiger partial charge in [-0.15, -0.1) is 0 Å². The van der Waals surface area contributed by atoms with Gasteiger partial charge in [-0.2, -0.15) is 0 Å². The van der Waals surface area contributed by atoms with Crippen molar-refractivity contribution in [3.63, 3.8) is 0 Å². The summed E-state index contributed by atoms with van der Waals surface area (Å²) in [5.41, 5.74) is 4.90. The highest BCUT2D eigenvalue weighted by Crippen LogP contribution is 1.77. The Kier molecular flexibility index (Phi) is 4.43. The molecule has 6 heteroatoms. The van der Waals surface area contributed by atoms with Gasteiger partial charge in [-0.05, 0) is 0 Å². The Morgan fingerprint density at radius 2 is 2.17 bits per heavy atom. The van der Waals surface area contributed by atoms with Crippen LogP contribution in [0.1, 0.15) is 6.92 Å². The smallest absolute Gasteiger partial charge is 0.241 e. The third kappa shape index (κ3) is 4.26. The average Bonchev–Trinajstić information content (AvgIpc) is 1.96. The first kappa shape index (κ1) is 10.4. The SMILES string of the molecule is CC(=O)NCC(NC=O)C(N)=O. The van der Waals surface area contributed by atoms with Gasteiger partial charge in [0, 0.05) is 13.5 Å². The van der Waals surface area contributed by atoms with Gasteiger partial charge in [-0.1, -0.05) is 0 Å². The van der Waals surface area contributed by atoms with Gasteiger partial charge < -0.3 is 16.4 Å². The summed E-state index contributed by atoms with van der Waals surface area (Å²) >= 11 is 0. The standard InChI is InChI=1S/C6H11N3O3/c1-4(11)8-2-5(6(7)12)9-3-10/h3,5H,2H2,1H3,(H2,7,12)(H,8,11)(H,9,10). The van der Waals surface area contributed by atoms with E-state index in [0.717, 1.165) is 0 Å². The summed E-state index contributed by atoms with van der Waals surface area (Å²) in [6.45, 7) is 1.32. The minimum atomic E-state index is -0.841. The van der Waals surface area contributed by atoms with Crippen LogP contribution in [0.5, 0.6) is 0 Å². The van der Waals surface area contributed by atoms with Gasteiger partial charge in [-0.25, -0.2) is 0 Å². The maximum atomic E-state index is 10.6. The van der Waals surface area contributed by atoms with Gasteiger partial charge in [0.05, 0.1) is 0 Å². The fourth-order valence-electron chi connectivity index (χ4n) is 0.570. The van der Waals surface area contributed by atoms with Crippen LogP contribution in [0.2, 0.25) is 0 Å². The second-order valence-corrected chi connectivity index (χ2v) is 2.18. The second-order valence-electron chi connectivity index (χ2n) is 2.18. The molecule has 0 aliphatic rings. The molecule has 1 unspecified atom stereocenters. The second kappa shape index (κ2) is 5.11. The largest absolute Gasteiger partial charge is 0.368 e. The summed E-state index contributed by atoms with van der Waals surface area (Å²) in [4.78, 5) is 30.9. The first-order valence-electron chi connectivity index (χ1n) is 3.31. The van der Waals surface area contributed by atoms with E-state index >= 15 is 0 Å². The van der Waals surface area contributed by atoms with Crippen molar-refractivity contribution in [3.8, 4) is 0 Å². The molecule has 68 valence electrons. The zero-order valence-electron chi connectivity index (χ0n) is 6.66. The molecule has 0 saturated carbocycles. The van der Waals surface area contributed by atoms with E-state index in [2.05, 4.69) is 10.6 Å². The third-order valence-corrected chi connectivity index (χ3v) is 1.17. The van der Waals surface area contributed by atoms with Gasteiger partial charge in [-0.3, -0.25) is 14.4 Å². The van der Waals surface area contributed by atoms with Crippen LogP contribution in [0.25, 0.3) is 0 Å². The number of amides is 3. The lowest BCUT2D eigenvalue weighted by atomic mass is 10.3. The van der Waals surface area contributed by atoms with Gasteiger partial charge in [0.25, 0.3) is 0 Å². The van der Waals surface area contributed by atoms with Crippen LogP contribution in [-0.2, 0) is 14.4 Å². The molecule has 0 aromatic rings. The van der Waals surface area contributed by atoms with Crippen molar-refractivity contribution in [1.29, 1.82) is 0 Å². The molecule has 1 atom stereocenters. The van der Waals surface area contributed by atoms with E-state index in [4.69, 9.17) is 5.73 Å². The van der Waals surface area contributed by atoms with Crippen LogP contribution in [0, 0.1) is 0 Å². The summed E-state index contributed by atoms with van der Waals surface area (Å²) in [5, 5.41) is 4.52. The predicted octanol–water partition coefficient (Wildman–Crippen LogP) is -2.28. The number of primary amides is 1. The molecule has 0 aliphatic carbocycles. The highest BCUT2D eigenvalue weighted by atomic mass is 16.2. The van der Waals surface area contributed by atoms with Gasteiger partial charge in [0.15, 0.2) is 0 Å². The number of hydrogen-bond acceptors (Lipinski definition) is 3. The van der Waals surface area contributed by atoms with Crippen LogP contribution in [0.4, 0.5) is 0 Å². The van der Waals surface area contributed by atoms with E-state index < -0.39 is 11.9 Å². The summed E-state index contributed by atoms with van der Waals surface area (Å²) in [6, 6.07) is -0.841. The zero-order valence-corrected chi connectivity index (χ0v) is 6.66. The Labute approximate surface area is 69.5 Å². The Balaban J connectivity index is 3.86. The molecular formula is C6H11N3O3. The Hall–Kier alpha value is -1.59. The number of nitrogens with one attached hydrogen (secondary N) is 2. The molecule has 6 nitrogen and oxygen atoms in total. The van der Waals surface area contributed by atoms with E-state index in [-0.39, 0.29) is 12.5 Å². The normalized spacial score (nSPS) is 11.4. The molecule has 0 spiro atoms. The molecule has 12 heavy (non-hydrogen) atoms. The summed E-state index contributed by atoms with van der Waals surface area (Å²) in [7, 11) is 0. The number of rotatable bonds is 5. The molecule has 0 rings (SSSR count). The van der Waals surface area contributed by atoms with Crippen molar-refractivity contribution in [2.45, 2.75) is 13.0 Å². The topological polar surface area (TPSA) is 101 Å². The first-order valence-corrected chi connectivity index (χ1v) is 3.31. The van der Waals surface area contributed by atoms with E-state index in [9.17, 15) is 14.4 Å². The van der Waals surface area contributed by atoms with E-state index in [0.29, 0.717) is 6.41 Å². The van der Waals surface area contributed by atoms with Crippen molar-refractivity contribution in [2.24, 2.45) is 5.73 Å². The summed E-state index contributed by atoms with van der Waals surface area (Å²) in [5.74, 6) is -0.968. The van der Waals surface area contributed by atoms with E-state index in [1.54, 1.807) is 0 Å². The minimum absolute atomic E-state index is 0.0173. The molecule has 0 bridgehead atoms. The van der Waals surface area contributed by atoms with Crippen LogP contribution < -0.4 is 16.4 Å². The molecular weight excluding hydrogens is 162 g/mol. The van der Waals surface area contributed by atoms with Crippen LogP contribution in [0.3, 0.4) is 0 Å². The van der Waals surface area contributed by atoms with Gasteiger partial charge in [0.1, 0.15) is 6.04 Å². The average molecular weight is 173 g/mol. The van der Waals surface area contributed by atoms with Crippen LogP contribution in [-0.4, -0.2) is 30.8 Å². The first-order chi connectivity index (χ1) is 5.57. The molecule has 0 fully saturated rings. The Morgan fingerprint density at radius 1 is 1.58 bits per heavy atom. The summed E-state index contributed by atoms with van der Waals surface area (Å²) < 4.78 is 0. The van der Waals surface area contributed by atoms with Crippen molar-refractivity contribution in [2.75, 3.05) is 6.54 Å². The number of hydrogen-bond donors (Lipinski definition) is 3. The van der Waals surface area contributed by atoms with E-state index in [1.807, 2.05) is 0 Å². The predicted molar refractivity (Wildman–Crippen MR) is 40.9 cm³/mol. The molecule has 3 amide bonds. The van der Waals surface area contributed by atoms with Crippen molar-refractivity contribution >= 4 is 18.2 Å². The third-order valence-electron chi connectivity index (χ3n) is 1.17. The lowest BCUT2D eigenvalue weighted by Gasteiger charge is -2.11. The molecule has 0 radical (unpaired) electrons. The molecule has 0 aliphatic heterocycles. The zero-order chi connectivity index (χ0) is 9.56. The number of nitrogens with two attached hydrogens (primary N) is 1. The molecule has 0 saturated heterocycles. The molecule has 4 N–H and O–H groups in total. The number of carbonyl (C=O) groups is 3. The quantitative estimate of drug-likeness (QED) is 0.408. The van der Waals surface area contributed by atoms with E-state index in [1.165, 1.54) is 6.92 Å². The maximum Gasteiger partial charge on any atom is 0.241 e. The Morgan fingerprint density at radius 3 is 2.50 bits per heavy atom. The molecule has 0 aromatic carbocycles. The molecule has 0 aromatic heterocycles.